The number of hydrogen-bond acceptors (Lipinski definition) is 5. The number of carbonyl (C=O) groups is 1. The van der Waals surface area contributed by atoms with Gasteiger partial charge >= 0.3 is 0 Å². The molecule has 0 atom stereocenters. The van der Waals surface area contributed by atoms with Crippen LogP contribution < -0.4 is 14.8 Å². The number of fused-ring (bicyclic) bond motifs is 1. The van der Waals surface area contributed by atoms with E-state index in [0.717, 1.165) is 0 Å². The molecule has 0 saturated heterocycles. The van der Waals surface area contributed by atoms with Crippen molar-refractivity contribution in [1.29, 1.82) is 0 Å². The number of amides is 1. The Bertz CT molecular complexity index is 1460. The van der Waals surface area contributed by atoms with Crippen LogP contribution in [0.3, 0.4) is 0 Å². The highest BCUT2D eigenvalue weighted by atomic mass is 35.5. The number of halogens is 1. The van der Waals surface area contributed by atoms with Crippen LogP contribution in [0.15, 0.2) is 77.8 Å². The quantitative estimate of drug-likeness (QED) is 0.372. The molecule has 9 heteroatoms. The van der Waals surface area contributed by atoms with Crippen molar-refractivity contribution in [1.82, 2.24) is 4.57 Å². The molecule has 4 rings (SSSR count). The van der Waals surface area contributed by atoms with Crippen molar-refractivity contribution in [3.05, 3.63) is 83.5 Å². The van der Waals surface area contributed by atoms with Gasteiger partial charge in [0.15, 0.2) is 9.84 Å². The van der Waals surface area contributed by atoms with E-state index in [2.05, 4.69) is 5.32 Å². The average molecular weight is 499 g/mol. The topological polar surface area (TPSA) is 86.6 Å². The zero-order chi connectivity index (χ0) is 24.3. The maximum Gasteiger partial charge on any atom is 0.244 e. The third-order valence-electron chi connectivity index (χ3n) is 5.33. The van der Waals surface area contributed by atoms with E-state index in [1.807, 2.05) is 0 Å². The van der Waals surface area contributed by atoms with E-state index in [0.29, 0.717) is 38.7 Å². The Hall–Kier alpha value is -3.49. The summed E-state index contributed by atoms with van der Waals surface area (Å²) in [4.78, 5) is 13.1. The second-order valence-electron chi connectivity index (χ2n) is 7.64. The van der Waals surface area contributed by atoms with Gasteiger partial charge in [0.1, 0.15) is 18.0 Å². The van der Waals surface area contributed by atoms with Gasteiger partial charge in [-0.25, -0.2) is 8.42 Å². The van der Waals surface area contributed by atoms with E-state index in [1.165, 1.54) is 20.4 Å². The minimum absolute atomic E-state index is 0.0897. The van der Waals surface area contributed by atoms with Gasteiger partial charge in [-0.15, -0.1) is 0 Å². The number of nitrogens with zero attached hydrogens (tertiary/aromatic N) is 1. The van der Waals surface area contributed by atoms with E-state index < -0.39 is 9.84 Å². The fraction of sp³-hybridized carbons (Fsp3) is 0.160. The molecule has 0 spiro atoms. The third kappa shape index (κ3) is 5.03. The Kier molecular flexibility index (Phi) is 6.81. The second-order valence-corrected chi connectivity index (χ2v) is 10.0. The highest BCUT2D eigenvalue weighted by Gasteiger charge is 2.23. The number of aromatic nitrogens is 1. The van der Waals surface area contributed by atoms with Crippen molar-refractivity contribution in [2.24, 2.45) is 0 Å². The number of sulfone groups is 1. The molecule has 0 aliphatic rings. The molecular formula is C25H23ClN2O5S. The zero-order valence-electron chi connectivity index (χ0n) is 18.6. The number of anilines is 1. The number of para-hydroxylation sites is 1. The predicted molar refractivity (Wildman–Crippen MR) is 132 cm³/mol. The summed E-state index contributed by atoms with van der Waals surface area (Å²) < 4.78 is 38.7. The highest BCUT2D eigenvalue weighted by Crippen LogP contribution is 2.30. The molecule has 0 saturated carbocycles. The van der Waals surface area contributed by atoms with Crippen molar-refractivity contribution in [2.75, 3.05) is 19.5 Å². The summed E-state index contributed by atoms with van der Waals surface area (Å²) in [6.45, 7) is -0.0897. The largest absolute Gasteiger partial charge is 0.497 e. The lowest BCUT2D eigenvalue weighted by Crippen LogP contribution is -2.18. The van der Waals surface area contributed by atoms with Crippen LogP contribution in [0.2, 0.25) is 5.02 Å². The van der Waals surface area contributed by atoms with Gasteiger partial charge < -0.3 is 19.4 Å². The summed E-state index contributed by atoms with van der Waals surface area (Å²) in [6, 6.07) is 18.9. The van der Waals surface area contributed by atoms with Crippen LogP contribution in [-0.4, -0.2) is 33.1 Å². The van der Waals surface area contributed by atoms with Gasteiger partial charge in [0.05, 0.1) is 30.6 Å². The summed E-state index contributed by atoms with van der Waals surface area (Å²) in [6.07, 6.45) is 1.51. The molecule has 3 aromatic carbocycles. The zero-order valence-corrected chi connectivity index (χ0v) is 20.2. The standard InChI is InChI=1S/C25H23ClN2O5S/c1-32-19-10-11-23(33-2)21(13-19)27-25(29)15-28-14-24(20-8-3-4-9-22(20)28)34(30,31)16-17-6-5-7-18(26)12-17/h3-14H,15-16H2,1-2H3,(H,27,29). The first-order chi connectivity index (χ1) is 16.3. The summed E-state index contributed by atoms with van der Waals surface area (Å²) in [7, 11) is -0.658. The number of nitrogens with one attached hydrogen (secondary N) is 1. The fourth-order valence-electron chi connectivity index (χ4n) is 3.77. The van der Waals surface area contributed by atoms with Crippen molar-refractivity contribution < 1.29 is 22.7 Å². The van der Waals surface area contributed by atoms with Gasteiger partial charge in [0.25, 0.3) is 0 Å². The Morgan fingerprint density at radius 3 is 2.53 bits per heavy atom. The van der Waals surface area contributed by atoms with Crippen LogP contribution in [0.5, 0.6) is 11.5 Å². The van der Waals surface area contributed by atoms with Crippen LogP contribution >= 0.6 is 11.6 Å². The minimum atomic E-state index is -3.70. The van der Waals surface area contributed by atoms with Crippen LogP contribution in [0.25, 0.3) is 10.9 Å². The molecule has 176 valence electrons. The predicted octanol–water partition coefficient (Wildman–Crippen LogP) is 4.92. The van der Waals surface area contributed by atoms with E-state index in [9.17, 15) is 13.2 Å². The van der Waals surface area contributed by atoms with Crippen molar-refractivity contribution in [3.63, 3.8) is 0 Å². The van der Waals surface area contributed by atoms with Crippen molar-refractivity contribution in [3.8, 4) is 11.5 Å². The van der Waals surface area contributed by atoms with Crippen LogP contribution in [0.1, 0.15) is 5.56 Å². The molecular weight excluding hydrogens is 476 g/mol. The lowest BCUT2D eigenvalue weighted by Gasteiger charge is -2.12. The van der Waals surface area contributed by atoms with Gasteiger partial charge in [0.2, 0.25) is 5.91 Å². The van der Waals surface area contributed by atoms with E-state index in [-0.39, 0.29) is 23.1 Å². The minimum Gasteiger partial charge on any atom is -0.497 e. The van der Waals surface area contributed by atoms with Gasteiger partial charge in [-0.05, 0) is 35.9 Å². The average Bonchev–Trinajstić information content (AvgIpc) is 3.18. The molecule has 1 amide bonds. The Labute approximate surface area is 202 Å². The third-order valence-corrected chi connectivity index (χ3v) is 7.27. The number of rotatable bonds is 8. The van der Waals surface area contributed by atoms with Crippen LogP contribution in [0, 0.1) is 0 Å². The molecule has 0 radical (unpaired) electrons. The molecule has 4 aromatic rings. The summed E-state index contributed by atoms with van der Waals surface area (Å²) in [5, 5.41) is 3.84. The van der Waals surface area contributed by atoms with E-state index in [4.69, 9.17) is 21.1 Å². The molecule has 0 aliphatic carbocycles. The molecule has 1 aromatic heterocycles. The number of carbonyl (C=O) groups excluding carboxylic acids is 1. The molecule has 0 aliphatic heterocycles. The maximum absolute atomic E-state index is 13.3. The van der Waals surface area contributed by atoms with Gasteiger partial charge in [0, 0.05) is 28.2 Å². The van der Waals surface area contributed by atoms with Crippen molar-refractivity contribution in [2.45, 2.75) is 17.2 Å². The van der Waals surface area contributed by atoms with Gasteiger partial charge in [-0.2, -0.15) is 0 Å². The summed E-state index contributed by atoms with van der Waals surface area (Å²) in [5.74, 6) is 0.508. The molecule has 0 bridgehead atoms. The number of ether oxygens (including phenoxy) is 2. The number of hydrogen-bond donors (Lipinski definition) is 1. The molecule has 1 heterocycles. The van der Waals surface area contributed by atoms with Gasteiger partial charge in [-0.3, -0.25) is 4.79 Å². The normalized spacial score (nSPS) is 11.4. The fourth-order valence-corrected chi connectivity index (χ4v) is 5.55. The SMILES string of the molecule is COc1ccc(OC)c(NC(=O)Cn2cc(S(=O)(=O)Cc3cccc(Cl)c3)c3ccccc32)c1. The first-order valence-electron chi connectivity index (χ1n) is 10.4. The maximum atomic E-state index is 13.3. The van der Waals surface area contributed by atoms with Crippen LogP contribution in [0.4, 0.5) is 5.69 Å². The number of methoxy groups -OCH3 is 2. The summed E-state index contributed by atoms with van der Waals surface area (Å²) >= 11 is 6.02. The molecule has 0 unspecified atom stereocenters. The smallest absolute Gasteiger partial charge is 0.244 e. The lowest BCUT2D eigenvalue weighted by atomic mass is 10.2. The lowest BCUT2D eigenvalue weighted by molar-refractivity contribution is -0.116. The monoisotopic (exact) mass is 498 g/mol. The van der Waals surface area contributed by atoms with Crippen molar-refractivity contribution >= 4 is 43.9 Å². The highest BCUT2D eigenvalue weighted by molar-refractivity contribution is 7.90. The first-order valence-corrected chi connectivity index (χ1v) is 12.4. The Balaban J connectivity index is 1.64. The Morgan fingerprint density at radius 2 is 1.79 bits per heavy atom. The molecule has 7 nitrogen and oxygen atoms in total. The van der Waals surface area contributed by atoms with Crippen LogP contribution in [-0.2, 0) is 26.9 Å². The second kappa shape index (κ2) is 9.79. The first kappa shape index (κ1) is 23.7. The number of benzene rings is 3. The Morgan fingerprint density at radius 1 is 1.00 bits per heavy atom. The van der Waals surface area contributed by atoms with E-state index >= 15 is 0 Å². The van der Waals surface area contributed by atoms with Gasteiger partial charge in [-0.1, -0.05) is 41.9 Å². The molecule has 34 heavy (non-hydrogen) atoms. The molecule has 0 fully saturated rings. The summed E-state index contributed by atoms with van der Waals surface area (Å²) in [5.41, 5.74) is 1.68. The van der Waals surface area contributed by atoms with E-state index in [1.54, 1.807) is 71.3 Å². The molecule has 1 N–H and O–H groups in total.